The predicted molar refractivity (Wildman–Crippen MR) is 126 cm³/mol. The molecule has 34 heavy (non-hydrogen) atoms. The van der Waals surface area contributed by atoms with Gasteiger partial charge in [-0.2, -0.15) is 5.10 Å². The molecule has 1 aliphatic rings. The van der Waals surface area contributed by atoms with Gasteiger partial charge in [0, 0.05) is 37.9 Å². The molecule has 1 fully saturated rings. The van der Waals surface area contributed by atoms with Crippen LogP contribution in [-0.2, 0) is 7.05 Å². The molecule has 0 bridgehead atoms. The Bertz CT molecular complexity index is 1360. The van der Waals surface area contributed by atoms with Crippen LogP contribution in [0.4, 0.5) is 0 Å². The van der Waals surface area contributed by atoms with Crippen LogP contribution in [-0.4, -0.2) is 55.8 Å². The molecule has 3 aromatic heterocycles. The first-order valence-corrected chi connectivity index (χ1v) is 11.3. The molecule has 0 spiro atoms. The molecule has 2 amide bonds. The van der Waals surface area contributed by atoms with Gasteiger partial charge in [0.2, 0.25) is 0 Å². The number of nitrogens with zero attached hydrogens (tertiary/aromatic N) is 5. The number of benzene rings is 1. The van der Waals surface area contributed by atoms with Crippen molar-refractivity contribution in [3.8, 4) is 11.3 Å². The van der Waals surface area contributed by atoms with Crippen LogP contribution >= 0.6 is 0 Å². The molecule has 9 nitrogen and oxygen atoms in total. The highest BCUT2D eigenvalue weighted by Crippen LogP contribution is 2.29. The van der Waals surface area contributed by atoms with Crippen molar-refractivity contribution in [1.29, 1.82) is 0 Å². The zero-order chi connectivity index (χ0) is 23.8. The average molecular weight is 459 g/mol. The van der Waals surface area contributed by atoms with Gasteiger partial charge in [-0.05, 0) is 32.8 Å². The predicted octanol–water partition coefficient (Wildman–Crippen LogP) is 3.27. The maximum Gasteiger partial charge on any atom is 0.259 e. The summed E-state index contributed by atoms with van der Waals surface area (Å²) in [7, 11) is 1.78. The molecule has 0 radical (unpaired) electrons. The summed E-state index contributed by atoms with van der Waals surface area (Å²) in [6.07, 6.45) is 4.60. The van der Waals surface area contributed by atoms with Gasteiger partial charge in [0.05, 0.1) is 34.1 Å². The Balaban J connectivity index is 1.35. The average Bonchev–Trinajstić information content (AvgIpc) is 3.45. The lowest BCUT2D eigenvalue weighted by Gasteiger charge is -2.32. The quantitative estimate of drug-likeness (QED) is 0.503. The van der Waals surface area contributed by atoms with Gasteiger partial charge >= 0.3 is 0 Å². The fraction of sp³-hybridized carbons (Fsp3) is 0.320. The van der Waals surface area contributed by atoms with E-state index in [-0.39, 0.29) is 17.9 Å². The van der Waals surface area contributed by atoms with Crippen molar-refractivity contribution in [2.24, 2.45) is 7.05 Å². The summed E-state index contributed by atoms with van der Waals surface area (Å²) in [5.41, 5.74) is 4.80. The van der Waals surface area contributed by atoms with Crippen molar-refractivity contribution in [2.75, 3.05) is 13.1 Å². The van der Waals surface area contributed by atoms with Gasteiger partial charge in [-0.3, -0.25) is 14.3 Å². The van der Waals surface area contributed by atoms with E-state index in [0.29, 0.717) is 59.5 Å². The van der Waals surface area contributed by atoms with Gasteiger partial charge in [-0.1, -0.05) is 35.0 Å². The number of carbonyl (C=O) groups excluding carboxylic acids is 2. The molecule has 1 N–H and O–H groups in total. The SMILES string of the molecule is Cc1ccc(-c2cc(C(=O)N3CCC(NC(=O)c4cnn(C)c4)CC3)c3c(C)noc3n2)cc1. The maximum absolute atomic E-state index is 13.6. The second-order valence-corrected chi connectivity index (χ2v) is 8.81. The lowest BCUT2D eigenvalue weighted by atomic mass is 10.0. The van der Waals surface area contributed by atoms with Crippen LogP contribution in [0.3, 0.4) is 0 Å². The van der Waals surface area contributed by atoms with Crippen LogP contribution in [0, 0.1) is 13.8 Å². The summed E-state index contributed by atoms with van der Waals surface area (Å²) >= 11 is 0. The van der Waals surface area contributed by atoms with Crippen LogP contribution in [0.5, 0.6) is 0 Å². The summed E-state index contributed by atoms with van der Waals surface area (Å²) in [6.45, 7) is 4.93. The van der Waals surface area contributed by atoms with Crippen molar-refractivity contribution in [3.63, 3.8) is 0 Å². The maximum atomic E-state index is 13.6. The highest BCUT2D eigenvalue weighted by molar-refractivity contribution is 6.07. The van der Waals surface area contributed by atoms with Crippen molar-refractivity contribution in [3.05, 3.63) is 65.1 Å². The normalized spacial score (nSPS) is 14.5. The number of carbonyl (C=O) groups is 2. The summed E-state index contributed by atoms with van der Waals surface area (Å²) in [4.78, 5) is 32.5. The number of hydrogen-bond donors (Lipinski definition) is 1. The summed E-state index contributed by atoms with van der Waals surface area (Å²) in [5, 5.41) is 11.8. The van der Waals surface area contributed by atoms with E-state index in [0.717, 1.165) is 11.1 Å². The van der Waals surface area contributed by atoms with Crippen LogP contribution in [0.1, 0.15) is 44.8 Å². The molecular weight excluding hydrogens is 432 g/mol. The lowest BCUT2D eigenvalue weighted by molar-refractivity contribution is 0.0700. The molecule has 5 rings (SSSR count). The van der Waals surface area contributed by atoms with E-state index in [2.05, 4.69) is 20.6 Å². The Hall–Kier alpha value is -4.01. The number of hydrogen-bond acceptors (Lipinski definition) is 6. The number of rotatable bonds is 4. The smallest absolute Gasteiger partial charge is 0.259 e. The summed E-state index contributed by atoms with van der Waals surface area (Å²) < 4.78 is 7.03. The number of aromatic nitrogens is 4. The van der Waals surface area contributed by atoms with Gasteiger partial charge in [0.25, 0.3) is 17.5 Å². The molecule has 0 unspecified atom stereocenters. The minimum atomic E-state index is -0.142. The van der Waals surface area contributed by atoms with Crippen LogP contribution in [0.25, 0.3) is 22.4 Å². The van der Waals surface area contributed by atoms with Gasteiger partial charge < -0.3 is 14.7 Å². The second-order valence-electron chi connectivity index (χ2n) is 8.81. The monoisotopic (exact) mass is 458 g/mol. The number of nitrogens with one attached hydrogen (secondary N) is 1. The summed E-state index contributed by atoms with van der Waals surface area (Å²) in [5.74, 6) is -0.222. The largest absolute Gasteiger partial charge is 0.349 e. The molecule has 1 aromatic carbocycles. The second kappa shape index (κ2) is 8.74. The van der Waals surface area contributed by atoms with E-state index in [1.807, 2.05) is 49.1 Å². The molecule has 9 heteroatoms. The fourth-order valence-electron chi connectivity index (χ4n) is 4.34. The topological polar surface area (TPSA) is 106 Å². The Morgan fingerprint density at radius 2 is 1.85 bits per heavy atom. The van der Waals surface area contributed by atoms with E-state index >= 15 is 0 Å². The van der Waals surface area contributed by atoms with Crippen LogP contribution in [0.15, 0.2) is 47.2 Å². The molecule has 0 saturated carbocycles. The van der Waals surface area contributed by atoms with Crippen molar-refractivity contribution in [2.45, 2.75) is 32.7 Å². The highest BCUT2D eigenvalue weighted by Gasteiger charge is 2.28. The number of piperidine rings is 1. The summed E-state index contributed by atoms with van der Waals surface area (Å²) in [6, 6.07) is 9.83. The molecule has 1 aliphatic heterocycles. The molecule has 4 heterocycles. The fourth-order valence-corrected chi connectivity index (χ4v) is 4.34. The molecule has 4 aromatic rings. The first kappa shape index (κ1) is 21.8. The van der Waals surface area contributed by atoms with E-state index in [4.69, 9.17) is 4.52 Å². The number of pyridine rings is 1. The molecule has 174 valence electrons. The third kappa shape index (κ3) is 4.16. The third-order valence-electron chi connectivity index (χ3n) is 6.28. The minimum absolute atomic E-state index is 0.00895. The first-order valence-electron chi connectivity index (χ1n) is 11.3. The van der Waals surface area contributed by atoms with E-state index in [1.165, 1.54) is 0 Å². The first-order chi connectivity index (χ1) is 16.4. The Morgan fingerprint density at radius 1 is 1.12 bits per heavy atom. The van der Waals surface area contributed by atoms with E-state index < -0.39 is 0 Å². The lowest BCUT2D eigenvalue weighted by Crippen LogP contribution is -2.46. The highest BCUT2D eigenvalue weighted by atomic mass is 16.5. The van der Waals surface area contributed by atoms with Gasteiger partial charge in [-0.25, -0.2) is 4.98 Å². The number of fused-ring (bicyclic) bond motifs is 1. The van der Waals surface area contributed by atoms with Crippen molar-refractivity contribution >= 4 is 22.9 Å². The zero-order valence-electron chi connectivity index (χ0n) is 19.4. The molecule has 0 atom stereocenters. The molecule has 1 saturated heterocycles. The van der Waals surface area contributed by atoms with Gasteiger partial charge in [-0.15, -0.1) is 0 Å². The van der Waals surface area contributed by atoms with E-state index in [1.54, 1.807) is 24.1 Å². The zero-order valence-corrected chi connectivity index (χ0v) is 19.4. The Morgan fingerprint density at radius 3 is 2.53 bits per heavy atom. The minimum Gasteiger partial charge on any atom is -0.349 e. The Kier molecular flexibility index (Phi) is 5.61. The van der Waals surface area contributed by atoms with Crippen molar-refractivity contribution in [1.82, 2.24) is 30.1 Å². The van der Waals surface area contributed by atoms with Gasteiger partial charge in [0.15, 0.2) is 0 Å². The van der Waals surface area contributed by atoms with Crippen LogP contribution in [0.2, 0.25) is 0 Å². The number of amides is 2. The van der Waals surface area contributed by atoms with Gasteiger partial charge in [0.1, 0.15) is 0 Å². The standard InChI is InChI=1S/C25H26N6O3/c1-15-4-6-17(7-5-15)21-12-20(22-16(2)29-34-24(22)28-21)25(33)31-10-8-19(9-11-31)27-23(32)18-13-26-30(3)14-18/h4-7,12-14,19H,8-11H2,1-3H3,(H,27,32). The van der Waals surface area contributed by atoms with E-state index in [9.17, 15) is 9.59 Å². The number of likely N-dealkylation sites (tertiary alicyclic amines) is 1. The molecule has 0 aliphatic carbocycles. The van der Waals surface area contributed by atoms with Crippen LogP contribution < -0.4 is 5.32 Å². The molecular formula is C25H26N6O3. The number of aryl methyl sites for hydroxylation is 3. The van der Waals surface area contributed by atoms with Crippen molar-refractivity contribution < 1.29 is 14.1 Å². The Labute approximate surface area is 196 Å². The third-order valence-corrected chi connectivity index (χ3v) is 6.28.